The number of nitrogens with zero attached hydrogens (tertiary/aromatic N) is 1. The van der Waals surface area contributed by atoms with Crippen LogP contribution in [-0.4, -0.2) is 22.5 Å². The summed E-state index contributed by atoms with van der Waals surface area (Å²) >= 11 is 0. The summed E-state index contributed by atoms with van der Waals surface area (Å²) in [6.45, 7) is 2.18. The highest BCUT2D eigenvalue weighted by Gasteiger charge is 2.31. The summed E-state index contributed by atoms with van der Waals surface area (Å²) < 4.78 is 44.6. The number of rotatable bonds is 8. The second-order valence-corrected chi connectivity index (χ2v) is 6.99. The Kier molecular flexibility index (Phi) is 6.94. The molecule has 3 aromatic rings. The molecule has 0 bridgehead atoms. The zero-order chi connectivity index (χ0) is 22.4. The summed E-state index contributed by atoms with van der Waals surface area (Å²) in [4.78, 5) is 31.5. The van der Waals surface area contributed by atoms with E-state index in [4.69, 9.17) is 4.74 Å². The maximum absolute atomic E-state index is 13.0. The molecule has 0 atom stereocenters. The Morgan fingerprint density at radius 3 is 2.71 bits per heavy atom. The van der Waals surface area contributed by atoms with Gasteiger partial charge in [0.2, 0.25) is 5.91 Å². The Hall–Kier alpha value is -3.36. The minimum atomic E-state index is -4.53. The molecule has 0 spiro atoms. The number of hydrogen-bond donors (Lipinski definition) is 2. The third-order valence-corrected chi connectivity index (χ3v) is 4.52. The number of alkyl halides is 3. The molecule has 6 nitrogen and oxygen atoms in total. The van der Waals surface area contributed by atoms with E-state index in [2.05, 4.69) is 15.3 Å². The van der Waals surface area contributed by atoms with Crippen LogP contribution in [0.5, 0.6) is 5.75 Å². The molecule has 1 aromatic heterocycles. The summed E-state index contributed by atoms with van der Waals surface area (Å²) in [6.07, 6.45) is -3.12. The number of aromatic nitrogens is 2. The normalized spacial score (nSPS) is 11.5. The van der Waals surface area contributed by atoms with E-state index in [0.717, 1.165) is 12.1 Å². The fourth-order valence-electron chi connectivity index (χ4n) is 3.02. The van der Waals surface area contributed by atoms with Crippen molar-refractivity contribution in [2.24, 2.45) is 0 Å². The van der Waals surface area contributed by atoms with Crippen molar-refractivity contribution in [2.45, 2.75) is 38.8 Å². The van der Waals surface area contributed by atoms with Crippen LogP contribution in [0.4, 0.5) is 18.9 Å². The number of ether oxygens (including phenoxy) is 1. The highest BCUT2D eigenvalue weighted by atomic mass is 19.4. The number of hydrogen-bond acceptors (Lipinski definition) is 4. The van der Waals surface area contributed by atoms with Crippen LogP contribution in [0, 0.1) is 0 Å². The van der Waals surface area contributed by atoms with Gasteiger partial charge in [0.15, 0.2) is 0 Å². The summed E-state index contributed by atoms with van der Waals surface area (Å²) in [6, 6.07) is 9.91. The second-order valence-electron chi connectivity index (χ2n) is 6.99. The van der Waals surface area contributed by atoms with E-state index in [1.165, 1.54) is 6.07 Å². The van der Waals surface area contributed by atoms with Crippen molar-refractivity contribution in [3.05, 3.63) is 64.2 Å². The Balaban J connectivity index is 1.65. The number of carbonyl (C=O) groups excluding carboxylic acids is 1. The van der Waals surface area contributed by atoms with Crippen LogP contribution >= 0.6 is 0 Å². The molecule has 9 heteroatoms. The lowest BCUT2D eigenvalue weighted by Gasteiger charge is -2.15. The van der Waals surface area contributed by atoms with Crippen molar-refractivity contribution in [3.63, 3.8) is 0 Å². The quantitative estimate of drug-likeness (QED) is 0.540. The average molecular weight is 433 g/mol. The molecule has 0 unspecified atom stereocenters. The van der Waals surface area contributed by atoms with Crippen LogP contribution in [0.3, 0.4) is 0 Å². The summed E-state index contributed by atoms with van der Waals surface area (Å²) in [5.74, 6) is 0.176. The van der Waals surface area contributed by atoms with E-state index in [1.807, 2.05) is 6.92 Å². The largest absolute Gasteiger partial charge is 0.491 e. The van der Waals surface area contributed by atoms with Gasteiger partial charge in [0.25, 0.3) is 5.56 Å². The Morgan fingerprint density at radius 1 is 1.19 bits per heavy atom. The van der Waals surface area contributed by atoms with Crippen LogP contribution < -0.4 is 15.6 Å². The van der Waals surface area contributed by atoms with E-state index in [9.17, 15) is 22.8 Å². The van der Waals surface area contributed by atoms with Gasteiger partial charge in [-0.05, 0) is 43.2 Å². The monoisotopic (exact) mass is 433 g/mol. The van der Waals surface area contributed by atoms with Gasteiger partial charge in [-0.25, -0.2) is 4.98 Å². The predicted molar refractivity (Wildman–Crippen MR) is 111 cm³/mol. The first-order chi connectivity index (χ1) is 14.8. The number of carbonyl (C=O) groups is 1. The molecule has 1 heterocycles. The molecular formula is C22H22F3N3O3. The maximum Gasteiger partial charge on any atom is 0.416 e. The molecule has 3 rings (SSSR count). The number of fused-ring (bicyclic) bond motifs is 1. The lowest BCUT2D eigenvalue weighted by Crippen LogP contribution is -2.15. The lowest BCUT2D eigenvalue weighted by molar-refractivity contribution is -0.137. The topological polar surface area (TPSA) is 84.1 Å². The second kappa shape index (κ2) is 9.63. The standard InChI is InChI=1S/C22H22F3N3O3/c1-2-12-31-18-11-10-14(22(23,24)25)13-17(18)27-20(29)9-5-8-19-26-16-7-4-3-6-15(16)21(30)28-19/h3-4,6-7,10-11,13H,2,5,8-9,12H2,1H3,(H,27,29)(H,26,28,30). The number of aryl methyl sites for hydroxylation is 1. The van der Waals surface area contributed by atoms with Crippen molar-refractivity contribution >= 4 is 22.5 Å². The molecule has 2 aromatic carbocycles. The minimum absolute atomic E-state index is 0.0227. The molecular weight excluding hydrogens is 411 g/mol. The van der Waals surface area contributed by atoms with Gasteiger partial charge in [-0.1, -0.05) is 19.1 Å². The van der Waals surface area contributed by atoms with E-state index in [0.29, 0.717) is 42.6 Å². The van der Waals surface area contributed by atoms with Crippen LogP contribution in [0.25, 0.3) is 10.9 Å². The number of amides is 1. The fourth-order valence-corrected chi connectivity index (χ4v) is 3.02. The molecule has 164 valence electrons. The smallest absolute Gasteiger partial charge is 0.416 e. The summed E-state index contributed by atoms with van der Waals surface area (Å²) in [5, 5.41) is 2.98. The highest BCUT2D eigenvalue weighted by Crippen LogP contribution is 2.35. The highest BCUT2D eigenvalue weighted by molar-refractivity contribution is 5.92. The number of nitrogens with one attached hydrogen (secondary N) is 2. The first kappa shape index (κ1) is 22.3. The SMILES string of the molecule is CCCOc1ccc(C(F)(F)F)cc1NC(=O)CCCc1nc2ccccc2c(=O)[nH]1. The molecule has 0 fully saturated rings. The molecule has 0 saturated heterocycles. The average Bonchev–Trinajstić information content (AvgIpc) is 2.72. The minimum Gasteiger partial charge on any atom is -0.491 e. The van der Waals surface area contributed by atoms with Gasteiger partial charge in [0.1, 0.15) is 11.6 Å². The molecule has 1 amide bonds. The molecule has 0 radical (unpaired) electrons. The number of aromatic amines is 1. The van der Waals surface area contributed by atoms with Crippen molar-refractivity contribution in [1.29, 1.82) is 0 Å². The number of H-pyrrole nitrogens is 1. The fraction of sp³-hybridized carbons (Fsp3) is 0.318. The molecule has 0 aliphatic heterocycles. The van der Waals surface area contributed by atoms with Gasteiger partial charge in [0.05, 0.1) is 28.8 Å². The van der Waals surface area contributed by atoms with Crippen molar-refractivity contribution in [1.82, 2.24) is 9.97 Å². The van der Waals surface area contributed by atoms with Crippen molar-refractivity contribution in [3.8, 4) is 5.75 Å². The van der Waals surface area contributed by atoms with Crippen molar-refractivity contribution < 1.29 is 22.7 Å². The van der Waals surface area contributed by atoms with Gasteiger partial charge in [-0.2, -0.15) is 13.2 Å². The van der Waals surface area contributed by atoms with Gasteiger partial charge < -0.3 is 15.0 Å². The van der Waals surface area contributed by atoms with Gasteiger partial charge in [0, 0.05) is 12.8 Å². The van der Waals surface area contributed by atoms with Crippen LogP contribution in [0.1, 0.15) is 37.6 Å². The van der Waals surface area contributed by atoms with E-state index in [-0.39, 0.29) is 23.4 Å². The van der Waals surface area contributed by atoms with Gasteiger partial charge in [-0.3, -0.25) is 9.59 Å². The van der Waals surface area contributed by atoms with Gasteiger partial charge in [-0.15, -0.1) is 0 Å². The third kappa shape index (κ3) is 5.84. The van der Waals surface area contributed by atoms with Gasteiger partial charge >= 0.3 is 6.18 Å². The number of para-hydroxylation sites is 1. The summed E-state index contributed by atoms with van der Waals surface area (Å²) in [7, 11) is 0. The first-order valence-corrected chi connectivity index (χ1v) is 9.89. The maximum atomic E-state index is 13.0. The Labute approximate surface area is 176 Å². The zero-order valence-corrected chi connectivity index (χ0v) is 16.9. The first-order valence-electron chi connectivity index (χ1n) is 9.89. The van der Waals surface area contributed by atoms with E-state index >= 15 is 0 Å². The van der Waals surface area contributed by atoms with E-state index in [1.54, 1.807) is 24.3 Å². The number of benzene rings is 2. The molecule has 0 aliphatic rings. The molecule has 0 aliphatic carbocycles. The predicted octanol–water partition coefficient (Wildman–Crippen LogP) is 4.69. The number of anilines is 1. The lowest BCUT2D eigenvalue weighted by atomic mass is 10.1. The number of halogens is 3. The molecule has 31 heavy (non-hydrogen) atoms. The zero-order valence-electron chi connectivity index (χ0n) is 16.9. The molecule has 0 saturated carbocycles. The molecule has 2 N–H and O–H groups in total. The third-order valence-electron chi connectivity index (χ3n) is 4.52. The Bertz CT molecular complexity index is 1130. The van der Waals surface area contributed by atoms with Crippen LogP contribution in [0.15, 0.2) is 47.3 Å². The van der Waals surface area contributed by atoms with Crippen LogP contribution in [-0.2, 0) is 17.4 Å². The van der Waals surface area contributed by atoms with E-state index < -0.39 is 17.6 Å². The van der Waals surface area contributed by atoms with Crippen LogP contribution in [0.2, 0.25) is 0 Å². The Morgan fingerprint density at radius 2 is 1.97 bits per heavy atom. The van der Waals surface area contributed by atoms with Crippen molar-refractivity contribution in [2.75, 3.05) is 11.9 Å². The summed E-state index contributed by atoms with van der Waals surface area (Å²) in [5.41, 5.74) is -0.589.